The van der Waals surface area contributed by atoms with Gasteiger partial charge in [0.2, 0.25) is 0 Å². The lowest BCUT2D eigenvalue weighted by atomic mass is 9.75. The molecule has 0 spiro atoms. The van der Waals surface area contributed by atoms with E-state index in [2.05, 4.69) is 487 Å². The Morgan fingerprint density at radius 3 is 0.935 bits per heavy atom. The largest absolute Gasteiger partial charge is 0.310 e. The predicted octanol–water partition coefficient (Wildman–Crippen LogP) is 32.5. The zero-order chi connectivity index (χ0) is 83.5. The lowest BCUT2D eigenvalue weighted by Crippen LogP contribution is -2.20. The number of para-hydroxylation sites is 2. The first-order valence-corrected chi connectivity index (χ1v) is 43.7. The average Bonchev–Trinajstić information content (AvgIpc) is 1.52. The number of fused-ring (bicyclic) bond motifs is 17. The molecule has 0 saturated heterocycles. The number of hydrogen-bond donors (Lipinski definition) is 0. The van der Waals surface area contributed by atoms with Gasteiger partial charge < -0.3 is 18.9 Å². The SMILES string of the molecule is CC1(C)C2=C(c3ccccc31)C(C)(C)c1cc(N(c3cc(-c4ccccc4)cc(-c4ccccc4)c3)c3ccc4c(c3)c3ccccc3n4-c3ccc(-c4ccccc4)cc3)ccc12.CC1(C)C2=C(c3ccccc31)C(C)(C)c1cc(N(c3ccc4c(ccc5ccccc54)c3)c3ccc4c(c3)c3ccccc3n4-c3ccc(-c4ccccc4)cc3)ccc12. The van der Waals surface area contributed by atoms with Crippen molar-refractivity contribution in [1.82, 2.24) is 9.13 Å². The molecule has 18 aromatic carbocycles. The fourth-order valence-corrected chi connectivity index (χ4v) is 22.0. The average molecular weight is 1590 g/mol. The molecule has 0 fully saturated rings. The van der Waals surface area contributed by atoms with Crippen LogP contribution in [0.5, 0.6) is 0 Å². The van der Waals surface area contributed by atoms with E-state index < -0.39 is 0 Å². The Bertz CT molecular complexity index is 7750. The summed E-state index contributed by atoms with van der Waals surface area (Å²) >= 11 is 0. The molecule has 0 atom stereocenters. The highest BCUT2D eigenvalue weighted by atomic mass is 15.2. The molecule has 0 aliphatic heterocycles. The minimum absolute atomic E-state index is 0.0715. The molecule has 4 aliphatic carbocycles. The monoisotopic (exact) mass is 1590 g/mol. The van der Waals surface area contributed by atoms with E-state index in [4.69, 9.17) is 0 Å². The Morgan fingerprint density at radius 1 is 0.177 bits per heavy atom. The quantitative estimate of drug-likeness (QED) is 0.113. The van der Waals surface area contributed by atoms with E-state index in [-0.39, 0.29) is 21.7 Å². The normalized spacial score (nSPS) is 14.6. The Labute approximate surface area is 725 Å². The number of benzene rings is 18. The summed E-state index contributed by atoms with van der Waals surface area (Å²) in [5.74, 6) is 0. The van der Waals surface area contributed by atoms with Gasteiger partial charge in [-0.15, -0.1) is 0 Å². The van der Waals surface area contributed by atoms with Crippen molar-refractivity contribution in [3.8, 4) is 55.9 Å². The number of aromatic nitrogens is 2. The molecule has 0 radical (unpaired) electrons. The van der Waals surface area contributed by atoms with Crippen LogP contribution in [0, 0.1) is 0 Å². The van der Waals surface area contributed by atoms with Crippen LogP contribution < -0.4 is 9.80 Å². The van der Waals surface area contributed by atoms with Crippen molar-refractivity contribution in [2.75, 3.05) is 9.80 Å². The van der Waals surface area contributed by atoms with E-state index in [0.29, 0.717) is 0 Å². The van der Waals surface area contributed by atoms with Gasteiger partial charge in [-0.3, -0.25) is 0 Å². The number of hydrogen-bond acceptors (Lipinski definition) is 2. The molecule has 4 nitrogen and oxygen atoms in total. The van der Waals surface area contributed by atoms with E-state index in [1.807, 2.05) is 0 Å². The van der Waals surface area contributed by atoms with E-state index in [9.17, 15) is 0 Å². The van der Waals surface area contributed by atoms with Crippen molar-refractivity contribution in [2.24, 2.45) is 0 Å². The van der Waals surface area contributed by atoms with Crippen LogP contribution in [-0.4, -0.2) is 9.13 Å². The highest BCUT2D eigenvalue weighted by Crippen LogP contribution is 2.65. The molecule has 592 valence electrons. The molecule has 2 heterocycles. The third-order valence-corrected chi connectivity index (χ3v) is 27.8. The Hall–Kier alpha value is -14.8. The molecule has 2 aromatic heterocycles. The van der Waals surface area contributed by atoms with Gasteiger partial charge in [0.1, 0.15) is 0 Å². The Morgan fingerprint density at radius 2 is 0.484 bits per heavy atom. The number of nitrogens with zero attached hydrogens (tertiary/aromatic N) is 4. The van der Waals surface area contributed by atoms with Gasteiger partial charge in [-0.05, 0) is 260 Å². The number of anilines is 6. The zero-order valence-electron chi connectivity index (χ0n) is 71.0. The minimum atomic E-state index is -0.190. The molecule has 124 heavy (non-hydrogen) atoms. The lowest BCUT2D eigenvalue weighted by Gasteiger charge is -2.31. The second kappa shape index (κ2) is 28.4. The van der Waals surface area contributed by atoms with Gasteiger partial charge in [0, 0.05) is 88.7 Å². The van der Waals surface area contributed by atoms with E-state index in [1.54, 1.807) is 0 Å². The fourth-order valence-electron chi connectivity index (χ4n) is 22.0. The number of rotatable bonds is 12. The first-order chi connectivity index (χ1) is 60.5. The van der Waals surface area contributed by atoms with Crippen molar-refractivity contribution >= 4 is 122 Å². The minimum Gasteiger partial charge on any atom is -0.310 e. The predicted molar refractivity (Wildman–Crippen MR) is 526 cm³/mol. The van der Waals surface area contributed by atoms with Crippen LogP contribution in [0.15, 0.2) is 413 Å². The molecule has 0 amide bonds. The van der Waals surface area contributed by atoms with Gasteiger partial charge >= 0.3 is 0 Å². The molecular weight excluding hydrogens is 1500 g/mol. The second-order valence-corrected chi connectivity index (χ2v) is 36.3. The first-order valence-electron chi connectivity index (χ1n) is 43.7. The topological polar surface area (TPSA) is 16.3 Å². The summed E-state index contributed by atoms with van der Waals surface area (Å²) < 4.78 is 4.83. The molecule has 0 unspecified atom stereocenters. The fraction of sp³-hybridized carbons (Fsp3) is 0.100. The third kappa shape index (κ3) is 11.6. The maximum Gasteiger partial charge on any atom is 0.0542 e. The van der Waals surface area contributed by atoms with Crippen LogP contribution >= 0.6 is 0 Å². The molecule has 20 aromatic rings. The van der Waals surface area contributed by atoms with Crippen LogP contribution in [0.1, 0.15) is 99.9 Å². The zero-order valence-corrected chi connectivity index (χ0v) is 71.0. The smallest absolute Gasteiger partial charge is 0.0542 e. The second-order valence-electron chi connectivity index (χ2n) is 36.3. The van der Waals surface area contributed by atoms with Crippen LogP contribution in [-0.2, 0) is 21.7 Å². The molecule has 4 heteroatoms. The van der Waals surface area contributed by atoms with Crippen molar-refractivity contribution in [2.45, 2.75) is 77.0 Å². The highest BCUT2D eigenvalue weighted by Gasteiger charge is 2.51. The van der Waals surface area contributed by atoms with Gasteiger partial charge in [0.05, 0.1) is 22.1 Å². The molecule has 0 bridgehead atoms. The van der Waals surface area contributed by atoms with Crippen molar-refractivity contribution < 1.29 is 0 Å². The Balaban J connectivity index is 0.000000144. The standard InChI is InChI=1S/C62H48N2.C58H44N2/c1-61(2)55-26-16-14-25-52(55)59-60(61)53-34-32-49(40-56(53)62(59,3)4)63(50-37-45(42-20-10-6-11-21-42)36-46(38-50)43-22-12-7-13-23-43)48-33-35-58-54(39-48)51-24-15-17-27-57(51)64(58)47-30-28-44(29-31-47)41-18-8-5-9-19-41;1-57(2)51-20-12-10-19-48(51)55-56(57)49-32-29-44(36-52(49)58(55,3)4)59(42-28-31-46-40(34-42)23-22-39-16-8-9-17-45(39)46)43-30-33-54-50(35-43)47-18-11-13-21-53(47)60(54)41-26-24-38(25-27-41)37-14-6-5-7-15-37/h5-40H,1-4H3;5-36H,1-4H3. The molecule has 0 N–H and O–H groups in total. The highest BCUT2D eigenvalue weighted by molar-refractivity contribution is 6.16. The van der Waals surface area contributed by atoms with Crippen LogP contribution in [0.2, 0.25) is 0 Å². The van der Waals surface area contributed by atoms with Crippen molar-refractivity contribution in [3.05, 3.63) is 457 Å². The van der Waals surface area contributed by atoms with E-state index in [1.165, 1.54) is 176 Å². The summed E-state index contributed by atoms with van der Waals surface area (Å²) in [6, 6.07) is 153. The maximum atomic E-state index is 2.50. The van der Waals surface area contributed by atoms with Gasteiger partial charge in [0.25, 0.3) is 0 Å². The summed E-state index contributed by atoms with van der Waals surface area (Å²) in [5.41, 5.74) is 40.0. The summed E-state index contributed by atoms with van der Waals surface area (Å²) in [5, 5.41) is 9.95. The lowest BCUT2D eigenvalue weighted by molar-refractivity contribution is 0.694. The third-order valence-electron chi connectivity index (χ3n) is 27.8. The van der Waals surface area contributed by atoms with Crippen LogP contribution in [0.3, 0.4) is 0 Å². The first kappa shape index (κ1) is 74.2. The van der Waals surface area contributed by atoms with Gasteiger partial charge in [0.15, 0.2) is 0 Å². The Kier molecular flexibility index (Phi) is 17.0. The van der Waals surface area contributed by atoms with Crippen LogP contribution in [0.4, 0.5) is 34.1 Å². The summed E-state index contributed by atoms with van der Waals surface area (Å²) in [6.07, 6.45) is 0. The van der Waals surface area contributed by atoms with Gasteiger partial charge in [-0.25, -0.2) is 0 Å². The molecule has 0 saturated carbocycles. The van der Waals surface area contributed by atoms with Gasteiger partial charge in [-0.2, -0.15) is 0 Å². The van der Waals surface area contributed by atoms with Crippen LogP contribution in [0.25, 0.3) is 143 Å². The summed E-state index contributed by atoms with van der Waals surface area (Å²) in [6.45, 7) is 19.3. The van der Waals surface area contributed by atoms with Crippen molar-refractivity contribution in [3.63, 3.8) is 0 Å². The molecule has 24 rings (SSSR count). The van der Waals surface area contributed by atoms with Crippen molar-refractivity contribution in [1.29, 1.82) is 0 Å². The summed E-state index contributed by atoms with van der Waals surface area (Å²) in [4.78, 5) is 4.98. The summed E-state index contributed by atoms with van der Waals surface area (Å²) in [7, 11) is 0. The maximum absolute atomic E-state index is 2.50. The van der Waals surface area contributed by atoms with E-state index in [0.717, 1.165) is 45.5 Å². The van der Waals surface area contributed by atoms with E-state index >= 15 is 0 Å². The van der Waals surface area contributed by atoms with Gasteiger partial charge in [-0.1, -0.05) is 341 Å². The molecule has 4 aliphatic rings. The number of allylic oxidation sites excluding steroid dienone is 4. The molecular formula is C120H92N4.